The Morgan fingerprint density at radius 2 is 1.86 bits per heavy atom. The first-order valence-electron chi connectivity index (χ1n) is 5.06. The van der Waals surface area contributed by atoms with Crippen molar-refractivity contribution in [1.82, 2.24) is 0 Å². The van der Waals surface area contributed by atoms with Crippen LogP contribution < -0.4 is 0 Å². The number of carbonyl (C=O) groups is 1. The molecule has 0 rings (SSSR count). The van der Waals surface area contributed by atoms with Gasteiger partial charge in [-0.3, -0.25) is 0 Å². The van der Waals surface area contributed by atoms with Crippen molar-refractivity contribution in [2.24, 2.45) is 0 Å². The van der Waals surface area contributed by atoms with Gasteiger partial charge in [0.05, 0.1) is 8.07 Å². The van der Waals surface area contributed by atoms with Gasteiger partial charge >= 0.3 is 5.97 Å². The number of hydrogen-bond acceptors (Lipinski definition) is 1. The van der Waals surface area contributed by atoms with E-state index in [0.29, 0.717) is 5.04 Å². The zero-order chi connectivity index (χ0) is 11.4. The first-order chi connectivity index (χ1) is 6.17. The Morgan fingerprint density at radius 3 is 2.21 bits per heavy atom. The van der Waals surface area contributed by atoms with E-state index in [1.165, 1.54) is 6.08 Å². The number of hydrogen-bond donors (Lipinski definition) is 1. The molecule has 0 radical (unpaired) electrons. The Balaban J connectivity index is 4.07. The molecule has 0 saturated carbocycles. The van der Waals surface area contributed by atoms with E-state index in [0.717, 1.165) is 12.5 Å². The predicted octanol–water partition coefficient (Wildman–Crippen LogP) is 3.53. The molecule has 0 aromatic heterocycles. The molecule has 0 unspecified atom stereocenters. The normalized spacial score (nSPS) is 13.5. The molecule has 0 aromatic carbocycles. The summed E-state index contributed by atoms with van der Waals surface area (Å²) in [6, 6.07) is 1.15. The van der Waals surface area contributed by atoms with Gasteiger partial charge in [-0.1, -0.05) is 46.0 Å². The lowest BCUT2D eigenvalue weighted by atomic mass is 10.2. The second kappa shape index (κ2) is 4.78. The monoisotopic (exact) mass is 214 g/mol. The van der Waals surface area contributed by atoms with Gasteiger partial charge in [0.25, 0.3) is 0 Å². The number of rotatable bonds is 4. The van der Waals surface area contributed by atoms with Gasteiger partial charge < -0.3 is 5.11 Å². The average Bonchev–Trinajstić information content (AvgIpc) is 1.95. The van der Waals surface area contributed by atoms with E-state index in [-0.39, 0.29) is 0 Å². The second-order valence-corrected chi connectivity index (χ2v) is 11.2. The Kier molecular flexibility index (Phi) is 4.58. The SMILES string of the molecule is CC(C)(C)[Si](C)(C)CC/C=C/C(=O)O. The third kappa shape index (κ3) is 4.60. The van der Waals surface area contributed by atoms with Crippen LogP contribution >= 0.6 is 0 Å². The van der Waals surface area contributed by atoms with Crippen molar-refractivity contribution in [3.05, 3.63) is 12.2 Å². The van der Waals surface area contributed by atoms with Gasteiger partial charge in [0.1, 0.15) is 0 Å². The van der Waals surface area contributed by atoms with Crippen LogP contribution in [0, 0.1) is 0 Å². The van der Waals surface area contributed by atoms with Gasteiger partial charge in [-0.05, 0) is 11.5 Å². The van der Waals surface area contributed by atoms with Gasteiger partial charge in [0, 0.05) is 6.08 Å². The molecule has 0 bridgehead atoms. The van der Waals surface area contributed by atoms with Crippen LogP contribution in [0.1, 0.15) is 27.2 Å². The average molecular weight is 214 g/mol. The van der Waals surface area contributed by atoms with E-state index in [1.807, 2.05) is 0 Å². The molecule has 0 spiro atoms. The number of aliphatic carboxylic acids is 1. The molecule has 0 fully saturated rings. The summed E-state index contributed by atoms with van der Waals surface area (Å²) in [7, 11) is -1.22. The summed E-state index contributed by atoms with van der Waals surface area (Å²) in [5.41, 5.74) is 0. The fourth-order valence-electron chi connectivity index (χ4n) is 1.00. The maximum Gasteiger partial charge on any atom is 0.327 e. The Morgan fingerprint density at radius 1 is 1.36 bits per heavy atom. The highest BCUT2D eigenvalue weighted by Crippen LogP contribution is 2.39. The lowest BCUT2D eigenvalue weighted by molar-refractivity contribution is -0.131. The van der Waals surface area contributed by atoms with Crippen molar-refractivity contribution >= 4 is 14.0 Å². The molecule has 0 amide bonds. The van der Waals surface area contributed by atoms with Crippen LogP contribution in [-0.2, 0) is 4.79 Å². The Hall–Kier alpha value is -0.573. The standard InChI is InChI=1S/C11H22O2Si/c1-11(2,3)14(4,5)9-7-6-8-10(12)13/h6,8H,7,9H2,1-5H3,(H,12,13)/b8-6+. The zero-order valence-corrected chi connectivity index (χ0v) is 10.9. The van der Waals surface area contributed by atoms with Crippen LogP contribution in [0.2, 0.25) is 24.2 Å². The highest BCUT2D eigenvalue weighted by Gasteiger charge is 2.33. The van der Waals surface area contributed by atoms with E-state index in [4.69, 9.17) is 5.11 Å². The third-order valence-electron chi connectivity index (χ3n) is 3.23. The molecule has 0 aromatic rings. The molecule has 0 atom stereocenters. The van der Waals surface area contributed by atoms with Crippen LogP contribution in [0.15, 0.2) is 12.2 Å². The third-order valence-corrected chi connectivity index (χ3v) is 8.83. The molecule has 3 heteroatoms. The summed E-state index contributed by atoms with van der Waals surface area (Å²) in [4.78, 5) is 10.2. The predicted molar refractivity (Wildman–Crippen MR) is 63.4 cm³/mol. The van der Waals surface area contributed by atoms with Gasteiger partial charge in [0.15, 0.2) is 0 Å². The van der Waals surface area contributed by atoms with Crippen LogP contribution in [0.5, 0.6) is 0 Å². The summed E-state index contributed by atoms with van der Waals surface area (Å²) in [5, 5.41) is 8.82. The minimum atomic E-state index is -1.22. The first kappa shape index (κ1) is 13.4. The topological polar surface area (TPSA) is 37.3 Å². The summed E-state index contributed by atoms with van der Waals surface area (Å²) in [6.07, 6.45) is 3.90. The van der Waals surface area contributed by atoms with Crippen molar-refractivity contribution < 1.29 is 9.90 Å². The maximum atomic E-state index is 10.2. The van der Waals surface area contributed by atoms with Crippen LogP contribution in [-0.4, -0.2) is 19.1 Å². The number of allylic oxidation sites excluding steroid dienone is 1. The zero-order valence-electron chi connectivity index (χ0n) is 9.92. The van der Waals surface area contributed by atoms with Crippen molar-refractivity contribution in [3.8, 4) is 0 Å². The van der Waals surface area contributed by atoms with E-state index in [2.05, 4.69) is 33.9 Å². The van der Waals surface area contributed by atoms with Crippen molar-refractivity contribution in [1.29, 1.82) is 0 Å². The molecule has 0 aliphatic rings. The Labute approximate surface area is 88.0 Å². The minimum Gasteiger partial charge on any atom is -0.478 e. The lowest BCUT2D eigenvalue weighted by Crippen LogP contribution is -2.36. The van der Waals surface area contributed by atoms with Crippen molar-refractivity contribution in [2.75, 3.05) is 0 Å². The molecule has 0 saturated heterocycles. The van der Waals surface area contributed by atoms with Crippen LogP contribution in [0.3, 0.4) is 0 Å². The van der Waals surface area contributed by atoms with E-state index in [9.17, 15) is 4.79 Å². The fraction of sp³-hybridized carbons (Fsp3) is 0.727. The van der Waals surface area contributed by atoms with Crippen LogP contribution in [0.25, 0.3) is 0 Å². The van der Waals surface area contributed by atoms with Gasteiger partial charge in [-0.15, -0.1) is 0 Å². The molecule has 82 valence electrons. The molecule has 0 heterocycles. The quantitative estimate of drug-likeness (QED) is 0.574. The second-order valence-electron chi connectivity index (χ2n) is 5.41. The minimum absolute atomic E-state index is 0.393. The van der Waals surface area contributed by atoms with E-state index in [1.54, 1.807) is 6.08 Å². The summed E-state index contributed by atoms with van der Waals surface area (Å²) in [6.45, 7) is 11.6. The number of carboxylic acids is 1. The van der Waals surface area contributed by atoms with E-state index < -0.39 is 14.0 Å². The molecule has 0 aliphatic carbocycles. The molecule has 1 N–H and O–H groups in total. The highest BCUT2D eigenvalue weighted by atomic mass is 28.3. The number of carboxylic acid groups (broad SMARTS) is 1. The Bertz CT molecular complexity index is 224. The molecule has 2 nitrogen and oxygen atoms in total. The molecule has 14 heavy (non-hydrogen) atoms. The van der Waals surface area contributed by atoms with Crippen molar-refractivity contribution in [2.45, 2.75) is 51.4 Å². The lowest BCUT2D eigenvalue weighted by Gasteiger charge is -2.36. The van der Waals surface area contributed by atoms with E-state index >= 15 is 0 Å². The van der Waals surface area contributed by atoms with Crippen molar-refractivity contribution in [3.63, 3.8) is 0 Å². The largest absolute Gasteiger partial charge is 0.478 e. The highest BCUT2D eigenvalue weighted by molar-refractivity contribution is 6.80. The maximum absolute atomic E-state index is 10.2. The summed E-state index contributed by atoms with van der Waals surface area (Å²) in [5.74, 6) is -0.847. The van der Waals surface area contributed by atoms with Gasteiger partial charge in [0.2, 0.25) is 0 Å². The van der Waals surface area contributed by atoms with Gasteiger partial charge in [-0.25, -0.2) is 4.79 Å². The van der Waals surface area contributed by atoms with Gasteiger partial charge in [-0.2, -0.15) is 0 Å². The summed E-state index contributed by atoms with van der Waals surface area (Å²) < 4.78 is 0. The molecular weight excluding hydrogens is 192 g/mol. The smallest absolute Gasteiger partial charge is 0.327 e. The molecular formula is C11H22O2Si. The fourth-order valence-corrected chi connectivity index (χ4v) is 2.64. The summed E-state index contributed by atoms with van der Waals surface area (Å²) >= 11 is 0. The molecule has 0 aliphatic heterocycles. The first-order valence-corrected chi connectivity index (χ1v) is 8.27. The van der Waals surface area contributed by atoms with Crippen LogP contribution in [0.4, 0.5) is 0 Å².